The maximum Gasteiger partial charge on any atom is 0.314 e. The number of ether oxygens (including phenoxy) is 1. The van der Waals surface area contributed by atoms with E-state index in [1.165, 1.54) is 0 Å². The Labute approximate surface area is 204 Å². The molecule has 0 radical (unpaired) electrons. The first kappa shape index (κ1) is 20.6. The molecule has 1 fully saturated rings. The lowest BCUT2D eigenvalue weighted by molar-refractivity contribution is -0.0949. The smallest absolute Gasteiger partial charge is 0.314 e. The zero-order valence-electron chi connectivity index (χ0n) is 17.8. The van der Waals surface area contributed by atoms with Crippen molar-refractivity contribution in [1.29, 1.82) is 0 Å². The first-order chi connectivity index (χ1) is 16.0. The van der Waals surface area contributed by atoms with E-state index in [0.717, 1.165) is 61.3 Å². The monoisotopic (exact) mass is 517 g/mol. The van der Waals surface area contributed by atoms with Gasteiger partial charge >= 0.3 is 5.85 Å². The number of hydrazone groups is 1. The fraction of sp³-hybridized carbons (Fsp3) is 0.154. The van der Waals surface area contributed by atoms with Crippen molar-refractivity contribution < 1.29 is 9.53 Å². The quantitative estimate of drug-likeness (QED) is 0.424. The van der Waals surface area contributed by atoms with Crippen LogP contribution in [0.5, 0.6) is 5.75 Å². The second kappa shape index (κ2) is 7.78. The second-order valence-electron chi connectivity index (χ2n) is 8.29. The number of nitrogens with zero attached hydrogens (tertiary/aromatic N) is 2. The highest BCUT2D eigenvalue weighted by Crippen LogP contribution is 2.53. The minimum atomic E-state index is -1.19. The van der Waals surface area contributed by atoms with Gasteiger partial charge in [0.2, 0.25) is 0 Å². The molecule has 0 aliphatic carbocycles. The summed E-state index contributed by atoms with van der Waals surface area (Å²) in [6.07, 6.45) is 2.76. The van der Waals surface area contributed by atoms with Crippen molar-refractivity contribution in [1.82, 2.24) is 10.3 Å². The molecule has 3 aromatic carbocycles. The van der Waals surface area contributed by atoms with Crippen molar-refractivity contribution in [2.45, 2.75) is 25.2 Å². The summed E-state index contributed by atoms with van der Waals surface area (Å²) >= 11 is 4.76. The van der Waals surface area contributed by atoms with Crippen LogP contribution in [-0.2, 0) is 0 Å². The molecule has 7 heteroatoms. The van der Waals surface area contributed by atoms with E-state index < -0.39 is 5.85 Å². The van der Waals surface area contributed by atoms with E-state index in [2.05, 4.69) is 52.4 Å². The standard InChI is InChI=1S/C26H20BrN3O2S/c1-16-7-5-6-10-18(16)13-24-26(28-25(31)33-24)30-22(20-14-19(27)11-12-23(20)32-26)15-21(29-30)17-8-3-2-4-9-17/h2-14,22H,15H2,1H3,(H,28,31)/b24-13-. The largest absolute Gasteiger partial charge is 0.444 e. The van der Waals surface area contributed by atoms with Crippen LogP contribution in [0.15, 0.2) is 87.3 Å². The highest BCUT2D eigenvalue weighted by Gasteiger charge is 2.58. The Morgan fingerprint density at radius 1 is 1.15 bits per heavy atom. The van der Waals surface area contributed by atoms with Crippen LogP contribution in [0.25, 0.3) is 6.08 Å². The number of carbonyl (C=O) groups is 1. The van der Waals surface area contributed by atoms with Crippen LogP contribution in [0.4, 0.5) is 4.79 Å². The molecule has 0 saturated carbocycles. The summed E-state index contributed by atoms with van der Waals surface area (Å²) in [4.78, 5) is 13.5. The van der Waals surface area contributed by atoms with E-state index in [4.69, 9.17) is 9.84 Å². The molecule has 1 N–H and O–H groups in total. The highest BCUT2D eigenvalue weighted by atomic mass is 79.9. The van der Waals surface area contributed by atoms with Crippen LogP contribution in [0, 0.1) is 6.92 Å². The van der Waals surface area contributed by atoms with Gasteiger partial charge in [0.15, 0.2) is 0 Å². The zero-order chi connectivity index (χ0) is 22.6. The highest BCUT2D eigenvalue weighted by molar-refractivity contribution is 9.10. The van der Waals surface area contributed by atoms with Crippen LogP contribution in [0.1, 0.15) is 34.7 Å². The number of nitrogens with one attached hydrogen (secondary N) is 1. The molecular weight excluding hydrogens is 498 g/mol. The van der Waals surface area contributed by atoms with Gasteiger partial charge in [-0.2, -0.15) is 5.10 Å². The van der Waals surface area contributed by atoms with Crippen LogP contribution in [-0.4, -0.2) is 21.8 Å². The van der Waals surface area contributed by atoms with Gasteiger partial charge in [-0.3, -0.25) is 10.1 Å². The molecule has 3 aliphatic rings. The molecule has 3 aliphatic heterocycles. The van der Waals surface area contributed by atoms with Gasteiger partial charge in [0.05, 0.1) is 16.7 Å². The Hall–Kier alpha value is -3.03. The summed E-state index contributed by atoms with van der Waals surface area (Å²) in [5.41, 5.74) is 5.26. The van der Waals surface area contributed by atoms with Crippen molar-refractivity contribution in [2.24, 2.45) is 5.10 Å². The molecule has 3 heterocycles. The molecule has 33 heavy (non-hydrogen) atoms. The number of rotatable bonds is 2. The predicted octanol–water partition coefficient (Wildman–Crippen LogP) is 6.45. The molecule has 2 unspecified atom stereocenters. The number of fused-ring (bicyclic) bond motifs is 4. The first-order valence-electron chi connectivity index (χ1n) is 10.7. The summed E-state index contributed by atoms with van der Waals surface area (Å²) in [7, 11) is 0. The van der Waals surface area contributed by atoms with Crippen LogP contribution in [0.3, 0.4) is 0 Å². The molecule has 3 aromatic rings. The minimum absolute atomic E-state index is 0.0688. The molecular formula is C26H20BrN3O2S. The van der Waals surface area contributed by atoms with Gasteiger partial charge in [-0.1, -0.05) is 70.5 Å². The van der Waals surface area contributed by atoms with Crippen molar-refractivity contribution in [3.05, 3.63) is 104 Å². The lowest BCUT2D eigenvalue weighted by Gasteiger charge is -2.45. The molecule has 1 amide bonds. The topological polar surface area (TPSA) is 53.9 Å². The van der Waals surface area contributed by atoms with Crippen molar-refractivity contribution in [3.8, 4) is 5.75 Å². The number of benzene rings is 3. The number of carbonyl (C=O) groups excluding carboxylic acids is 1. The Kier molecular flexibility index (Phi) is 4.85. The molecule has 1 spiro atoms. The van der Waals surface area contributed by atoms with Crippen LogP contribution < -0.4 is 10.1 Å². The fourth-order valence-electron chi connectivity index (χ4n) is 4.58. The van der Waals surface area contributed by atoms with E-state index in [1.807, 2.05) is 59.6 Å². The summed E-state index contributed by atoms with van der Waals surface area (Å²) in [5.74, 6) is -0.436. The molecule has 5 nitrogen and oxygen atoms in total. The summed E-state index contributed by atoms with van der Waals surface area (Å²) in [6.45, 7) is 2.06. The summed E-state index contributed by atoms with van der Waals surface area (Å²) in [5, 5.41) is 9.91. The number of thioether (sulfide) groups is 1. The lowest BCUT2D eigenvalue weighted by atomic mass is 9.95. The second-order valence-corrected chi connectivity index (χ2v) is 10.2. The summed E-state index contributed by atoms with van der Waals surface area (Å²) < 4.78 is 7.59. The van der Waals surface area contributed by atoms with E-state index in [0.29, 0.717) is 0 Å². The third kappa shape index (κ3) is 3.38. The Morgan fingerprint density at radius 2 is 1.94 bits per heavy atom. The van der Waals surface area contributed by atoms with Gasteiger partial charge in [0, 0.05) is 16.5 Å². The Bertz CT molecular complexity index is 1340. The zero-order valence-corrected chi connectivity index (χ0v) is 20.2. The summed E-state index contributed by atoms with van der Waals surface area (Å²) in [6, 6.07) is 24.2. The number of amides is 1. The van der Waals surface area contributed by atoms with Gasteiger partial charge in [-0.25, -0.2) is 5.01 Å². The van der Waals surface area contributed by atoms with Crippen LogP contribution in [0.2, 0.25) is 0 Å². The van der Waals surface area contributed by atoms with Gasteiger partial charge in [-0.05, 0) is 59.7 Å². The Balaban J connectivity index is 1.54. The predicted molar refractivity (Wildman–Crippen MR) is 135 cm³/mol. The molecule has 0 aromatic heterocycles. The molecule has 1 saturated heterocycles. The number of hydrogen-bond acceptors (Lipinski definition) is 5. The van der Waals surface area contributed by atoms with E-state index in [9.17, 15) is 4.79 Å². The molecule has 0 bridgehead atoms. The van der Waals surface area contributed by atoms with E-state index in [1.54, 1.807) is 0 Å². The van der Waals surface area contributed by atoms with E-state index >= 15 is 0 Å². The minimum Gasteiger partial charge on any atom is -0.444 e. The van der Waals surface area contributed by atoms with Crippen molar-refractivity contribution in [2.75, 3.05) is 0 Å². The number of aryl methyl sites for hydroxylation is 1. The van der Waals surface area contributed by atoms with Gasteiger partial charge in [0.1, 0.15) is 5.75 Å². The fourth-order valence-corrected chi connectivity index (χ4v) is 5.86. The van der Waals surface area contributed by atoms with Crippen LogP contribution >= 0.6 is 27.7 Å². The van der Waals surface area contributed by atoms with E-state index in [-0.39, 0.29) is 11.3 Å². The normalized spacial score (nSPS) is 24.4. The SMILES string of the molecule is Cc1ccccc1/C=C1\SC(=O)NC12Oc1ccc(Br)cc1C1CC(c3ccccc3)=NN12. The average Bonchev–Trinajstić information content (AvgIpc) is 3.40. The first-order valence-corrected chi connectivity index (χ1v) is 12.3. The van der Waals surface area contributed by atoms with Gasteiger partial charge in [0.25, 0.3) is 5.24 Å². The van der Waals surface area contributed by atoms with Gasteiger partial charge < -0.3 is 4.74 Å². The molecule has 6 rings (SSSR count). The average molecular weight is 518 g/mol. The van der Waals surface area contributed by atoms with Crippen molar-refractivity contribution in [3.63, 3.8) is 0 Å². The Morgan fingerprint density at radius 3 is 2.76 bits per heavy atom. The maximum atomic E-state index is 12.8. The molecule has 164 valence electrons. The van der Waals surface area contributed by atoms with Crippen molar-refractivity contribution >= 4 is 44.7 Å². The third-order valence-corrected chi connectivity index (χ3v) is 7.61. The third-order valence-electron chi connectivity index (χ3n) is 6.21. The molecule has 2 atom stereocenters. The number of halogens is 1. The lowest BCUT2D eigenvalue weighted by Crippen LogP contribution is -2.61. The van der Waals surface area contributed by atoms with Gasteiger partial charge in [-0.15, -0.1) is 0 Å². The maximum absolute atomic E-state index is 12.8. The number of hydrogen-bond donors (Lipinski definition) is 1.